The third kappa shape index (κ3) is 4.65. The molecule has 3 N–H and O–H groups in total. The molecule has 0 saturated carbocycles. The van der Waals surface area contributed by atoms with Crippen molar-refractivity contribution in [2.45, 2.75) is 31.8 Å². The van der Waals surface area contributed by atoms with Crippen LogP contribution >= 0.6 is 11.3 Å². The van der Waals surface area contributed by atoms with Crippen molar-refractivity contribution in [1.29, 1.82) is 0 Å². The Morgan fingerprint density at radius 3 is 2.83 bits per heavy atom. The van der Waals surface area contributed by atoms with Crippen molar-refractivity contribution < 1.29 is 4.79 Å². The van der Waals surface area contributed by atoms with Gasteiger partial charge in [0.2, 0.25) is 5.91 Å². The van der Waals surface area contributed by atoms with Crippen LogP contribution in [0.4, 0.5) is 5.82 Å². The summed E-state index contributed by atoms with van der Waals surface area (Å²) in [7, 11) is 0. The molecule has 0 aliphatic carbocycles. The zero-order valence-corrected chi connectivity index (χ0v) is 16.6. The van der Waals surface area contributed by atoms with E-state index in [0.717, 1.165) is 42.3 Å². The van der Waals surface area contributed by atoms with Gasteiger partial charge in [-0.15, -0.1) is 11.3 Å². The van der Waals surface area contributed by atoms with E-state index < -0.39 is 11.2 Å². The molecule has 1 aliphatic heterocycles. The van der Waals surface area contributed by atoms with Crippen molar-refractivity contribution in [3.05, 3.63) is 56.7 Å². The van der Waals surface area contributed by atoms with Crippen LogP contribution < -0.4 is 21.5 Å². The van der Waals surface area contributed by atoms with Crippen LogP contribution in [-0.4, -0.2) is 44.8 Å². The van der Waals surface area contributed by atoms with Crippen LogP contribution in [0.1, 0.15) is 19.3 Å². The molecule has 0 unspecified atom stereocenters. The number of nitrogens with one attached hydrogen (secondary N) is 3. The Morgan fingerprint density at radius 2 is 2.10 bits per heavy atom. The molecule has 0 spiro atoms. The topological polar surface area (TPSA) is 116 Å². The van der Waals surface area contributed by atoms with Crippen molar-refractivity contribution >= 4 is 23.1 Å². The summed E-state index contributed by atoms with van der Waals surface area (Å²) in [6.45, 7) is 1.87. The lowest BCUT2D eigenvalue weighted by molar-refractivity contribution is -0.122. The summed E-state index contributed by atoms with van der Waals surface area (Å²) in [5.41, 5.74) is 0.0735. The molecule has 4 rings (SSSR count). The fourth-order valence-electron chi connectivity index (χ4n) is 3.43. The zero-order valence-electron chi connectivity index (χ0n) is 15.8. The number of rotatable bonds is 6. The normalized spacial score (nSPS) is 14.8. The molecule has 0 atom stereocenters. The first-order chi connectivity index (χ1) is 14.1. The van der Waals surface area contributed by atoms with E-state index >= 15 is 0 Å². The number of hydrogen-bond acceptors (Lipinski definition) is 6. The van der Waals surface area contributed by atoms with Gasteiger partial charge in [0.05, 0.1) is 10.6 Å². The van der Waals surface area contributed by atoms with Gasteiger partial charge in [-0.2, -0.15) is 5.10 Å². The number of carbonyl (C=O) groups is 1. The Kier molecular flexibility index (Phi) is 5.61. The van der Waals surface area contributed by atoms with Gasteiger partial charge in [-0.3, -0.25) is 19.7 Å². The van der Waals surface area contributed by atoms with E-state index in [4.69, 9.17) is 0 Å². The number of nitrogens with zero attached hydrogens (tertiary/aromatic N) is 3. The Balaban J connectivity index is 1.25. The third-order valence-electron chi connectivity index (χ3n) is 5.01. The standard InChI is InChI=1S/C19H22N6O3S/c26-17(5-9-25-10-6-18(27)21-19(25)28)20-13-3-7-24(8-4-13)16-12-14(22-23-16)15-2-1-11-29-15/h1-2,6,10-13H,3-5,7-9H2,(H,20,26)(H,22,23)(H,21,27,28). The predicted octanol–water partition coefficient (Wildman–Crippen LogP) is 1.16. The molecule has 1 aliphatic rings. The highest BCUT2D eigenvalue weighted by atomic mass is 32.1. The van der Waals surface area contributed by atoms with Gasteiger partial charge in [0, 0.05) is 50.4 Å². The number of anilines is 1. The fraction of sp³-hybridized carbons (Fsp3) is 0.368. The molecule has 0 aromatic carbocycles. The largest absolute Gasteiger partial charge is 0.355 e. The van der Waals surface area contributed by atoms with Crippen molar-refractivity contribution in [3.63, 3.8) is 0 Å². The molecule has 3 aromatic heterocycles. The lowest BCUT2D eigenvalue weighted by Gasteiger charge is -2.32. The first-order valence-corrected chi connectivity index (χ1v) is 10.4. The number of carbonyl (C=O) groups excluding carboxylic acids is 1. The summed E-state index contributed by atoms with van der Waals surface area (Å²) in [5.74, 6) is 0.830. The quantitative estimate of drug-likeness (QED) is 0.560. The molecule has 4 heterocycles. The number of H-pyrrole nitrogens is 2. The van der Waals surface area contributed by atoms with Gasteiger partial charge in [-0.25, -0.2) is 4.79 Å². The average Bonchev–Trinajstić information content (AvgIpc) is 3.40. The summed E-state index contributed by atoms with van der Waals surface area (Å²) in [4.78, 5) is 40.5. The highest BCUT2D eigenvalue weighted by Gasteiger charge is 2.22. The lowest BCUT2D eigenvalue weighted by Crippen LogP contribution is -2.45. The summed E-state index contributed by atoms with van der Waals surface area (Å²) < 4.78 is 1.33. The molecule has 0 radical (unpaired) electrons. The number of thiophene rings is 1. The van der Waals surface area contributed by atoms with E-state index in [1.807, 2.05) is 11.4 Å². The van der Waals surface area contributed by atoms with Crippen LogP contribution in [0, 0.1) is 0 Å². The number of aryl methyl sites for hydroxylation is 1. The van der Waals surface area contributed by atoms with E-state index in [2.05, 4.69) is 37.5 Å². The number of piperidine rings is 1. The second-order valence-corrected chi connectivity index (χ2v) is 7.95. The Labute approximate surface area is 170 Å². The van der Waals surface area contributed by atoms with E-state index in [-0.39, 0.29) is 24.9 Å². The number of amides is 1. The van der Waals surface area contributed by atoms with Gasteiger partial charge < -0.3 is 14.8 Å². The zero-order chi connectivity index (χ0) is 20.2. The second kappa shape index (κ2) is 8.48. The molecule has 10 heteroatoms. The molecule has 1 saturated heterocycles. The van der Waals surface area contributed by atoms with Gasteiger partial charge in [0.15, 0.2) is 5.82 Å². The fourth-order valence-corrected chi connectivity index (χ4v) is 4.12. The average molecular weight is 414 g/mol. The van der Waals surface area contributed by atoms with Crippen LogP contribution in [0.2, 0.25) is 0 Å². The highest BCUT2D eigenvalue weighted by molar-refractivity contribution is 7.13. The lowest BCUT2D eigenvalue weighted by atomic mass is 10.0. The van der Waals surface area contributed by atoms with E-state index in [9.17, 15) is 14.4 Å². The van der Waals surface area contributed by atoms with Gasteiger partial charge in [0.1, 0.15) is 0 Å². The number of hydrogen-bond donors (Lipinski definition) is 3. The molecular formula is C19H22N6O3S. The summed E-state index contributed by atoms with van der Waals surface area (Å²) in [6.07, 6.45) is 3.27. The van der Waals surface area contributed by atoms with Crippen LogP contribution in [-0.2, 0) is 11.3 Å². The Hall–Kier alpha value is -3.14. The molecule has 0 bridgehead atoms. The molecule has 29 heavy (non-hydrogen) atoms. The van der Waals surface area contributed by atoms with Gasteiger partial charge in [0.25, 0.3) is 5.56 Å². The van der Waals surface area contributed by atoms with Crippen molar-refractivity contribution in [1.82, 2.24) is 25.1 Å². The van der Waals surface area contributed by atoms with Crippen LogP contribution in [0.5, 0.6) is 0 Å². The van der Waals surface area contributed by atoms with Gasteiger partial charge >= 0.3 is 5.69 Å². The summed E-state index contributed by atoms with van der Waals surface area (Å²) >= 11 is 1.67. The summed E-state index contributed by atoms with van der Waals surface area (Å²) in [5, 5.41) is 12.6. The first kappa shape index (κ1) is 19.2. The second-order valence-electron chi connectivity index (χ2n) is 7.00. The number of aromatic nitrogens is 4. The van der Waals surface area contributed by atoms with Crippen LogP contribution in [0.15, 0.2) is 45.4 Å². The summed E-state index contributed by atoms with van der Waals surface area (Å²) in [6, 6.07) is 7.52. The molecule has 1 amide bonds. The van der Waals surface area contributed by atoms with E-state index in [1.54, 1.807) is 11.3 Å². The number of aromatic amines is 2. The van der Waals surface area contributed by atoms with Crippen LogP contribution in [0.3, 0.4) is 0 Å². The molecule has 1 fully saturated rings. The molecule has 152 valence electrons. The molecule has 9 nitrogen and oxygen atoms in total. The van der Waals surface area contributed by atoms with E-state index in [0.29, 0.717) is 0 Å². The smallest absolute Gasteiger partial charge is 0.328 e. The van der Waals surface area contributed by atoms with Crippen molar-refractivity contribution in [2.24, 2.45) is 0 Å². The minimum absolute atomic E-state index is 0.0960. The first-order valence-electron chi connectivity index (χ1n) is 9.52. The molecule has 3 aromatic rings. The monoisotopic (exact) mass is 414 g/mol. The maximum atomic E-state index is 12.2. The van der Waals surface area contributed by atoms with E-state index in [1.165, 1.54) is 16.8 Å². The van der Waals surface area contributed by atoms with Crippen molar-refractivity contribution in [2.75, 3.05) is 18.0 Å². The maximum Gasteiger partial charge on any atom is 0.328 e. The minimum Gasteiger partial charge on any atom is -0.355 e. The van der Waals surface area contributed by atoms with Crippen LogP contribution in [0.25, 0.3) is 10.6 Å². The maximum absolute atomic E-state index is 12.2. The van der Waals surface area contributed by atoms with Crippen molar-refractivity contribution in [3.8, 4) is 10.6 Å². The SMILES string of the molecule is O=C(CCn1ccc(=O)[nH]c1=O)NC1CCN(c2cc(-c3cccs3)[nH]n2)CC1. The third-order valence-corrected chi connectivity index (χ3v) is 5.91. The minimum atomic E-state index is -0.500. The molecular weight excluding hydrogens is 392 g/mol. The Bertz CT molecular complexity index is 1080. The Morgan fingerprint density at radius 1 is 1.28 bits per heavy atom. The van der Waals surface area contributed by atoms with Gasteiger partial charge in [-0.1, -0.05) is 6.07 Å². The predicted molar refractivity (Wildman–Crippen MR) is 111 cm³/mol. The highest BCUT2D eigenvalue weighted by Crippen LogP contribution is 2.27. The van der Waals surface area contributed by atoms with Gasteiger partial charge in [-0.05, 0) is 24.3 Å².